The van der Waals surface area contributed by atoms with E-state index in [0.717, 1.165) is 24.5 Å². The lowest BCUT2D eigenvalue weighted by Gasteiger charge is -2.04. The first-order chi connectivity index (χ1) is 10.2. The zero-order valence-electron chi connectivity index (χ0n) is 11.2. The third-order valence-corrected chi connectivity index (χ3v) is 4.10. The number of furan rings is 1. The maximum Gasteiger partial charge on any atom is 0.271 e. The molecule has 110 valence electrons. The van der Waals surface area contributed by atoms with Gasteiger partial charge in [0.25, 0.3) is 5.91 Å². The molecule has 2 aromatic heterocycles. The summed E-state index contributed by atoms with van der Waals surface area (Å²) >= 11 is 1.41. The quantitative estimate of drug-likeness (QED) is 0.856. The van der Waals surface area contributed by atoms with Crippen molar-refractivity contribution in [3.8, 4) is 0 Å². The molecule has 6 nitrogen and oxygen atoms in total. The van der Waals surface area contributed by atoms with E-state index in [-0.39, 0.29) is 30.1 Å². The summed E-state index contributed by atoms with van der Waals surface area (Å²) in [6.07, 6.45) is 3.37. The summed E-state index contributed by atoms with van der Waals surface area (Å²) in [6, 6.07) is 3.19. The van der Waals surface area contributed by atoms with Gasteiger partial charge >= 0.3 is 0 Å². The maximum absolute atomic E-state index is 12.0. The number of thiazole rings is 1. The van der Waals surface area contributed by atoms with E-state index < -0.39 is 0 Å². The van der Waals surface area contributed by atoms with Crippen LogP contribution in [0, 0.1) is 0 Å². The van der Waals surface area contributed by atoms with Gasteiger partial charge in [-0.1, -0.05) is 0 Å². The minimum absolute atomic E-state index is 0.00120. The minimum atomic E-state index is -0.365. The van der Waals surface area contributed by atoms with E-state index in [1.54, 1.807) is 17.5 Å². The van der Waals surface area contributed by atoms with Gasteiger partial charge in [0.15, 0.2) is 5.76 Å². The number of nitrogens with one attached hydrogen (secondary N) is 1. The molecule has 1 aliphatic heterocycles. The maximum atomic E-state index is 12.0. The average Bonchev–Trinajstić information content (AvgIpc) is 3.25. The van der Waals surface area contributed by atoms with E-state index in [1.165, 1.54) is 17.6 Å². The second-order valence-electron chi connectivity index (χ2n) is 4.66. The lowest BCUT2D eigenvalue weighted by molar-refractivity contribution is 0.0888. The van der Waals surface area contributed by atoms with Crippen LogP contribution in [0.4, 0.5) is 0 Å². The molecule has 3 rings (SSSR count). The Kier molecular flexibility index (Phi) is 4.12. The number of ketones is 1. The summed E-state index contributed by atoms with van der Waals surface area (Å²) in [5, 5.41) is 5.04. The first-order valence-corrected chi connectivity index (χ1v) is 7.54. The number of aromatic nitrogens is 1. The Balaban J connectivity index is 1.57. The Morgan fingerprint density at radius 1 is 1.48 bits per heavy atom. The smallest absolute Gasteiger partial charge is 0.271 e. The van der Waals surface area contributed by atoms with E-state index in [4.69, 9.17) is 9.15 Å². The predicted molar refractivity (Wildman–Crippen MR) is 75.4 cm³/mol. The summed E-state index contributed by atoms with van der Waals surface area (Å²) in [7, 11) is 0. The first kappa shape index (κ1) is 14.0. The molecule has 1 aliphatic rings. The molecule has 0 saturated carbocycles. The van der Waals surface area contributed by atoms with Crippen molar-refractivity contribution in [3.05, 3.63) is 40.2 Å². The van der Waals surface area contributed by atoms with Gasteiger partial charge in [0.1, 0.15) is 16.8 Å². The average molecular weight is 306 g/mol. The highest BCUT2D eigenvalue weighted by Gasteiger charge is 2.22. The Bertz CT molecular complexity index is 629. The molecule has 1 saturated heterocycles. The van der Waals surface area contributed by atoms with Crippen molar-refractivity contribution in [3.63, 3.8) is 0 Å². The highest BCUT2D eigenvalue weighted by molar-refractivity contribution is 7.09. The fraction of sp³-hybridized carbons (Fsp3) is 0.357. The molecule has 1 N–H and O–H groups in total. The third-order valence-electron chi connectivity index (χ3n) is 3.17. The molecule has 0 radical (unpaired) electrons. The first-order valence-electron chi connectivity index (χ1n) is 6.66. The molecule has 7 heteroatoms. The van der Waals surface area contributed by atoms with Crippen molar-refractivity contribution in [1.82, 2.24) is 10.3 Å². The monoisotopic (exact) mass is 306 g/mol. The van der Waals surface area contributed by atoms with Gasteiger partial charge in [0.2, 0.25) is 5.78 Å². The van der Waals surface area contributed by atoms with Gasteiger partial charge in [0.05, 0.1) is 12.8 Å². The number of nitrogens with zero attached hydrogens (tertiary/aromatic N) is 1. The zero-order valence-corrected chi connectivity index (χ0v) is 12.0. The van der Waals surface area contributed by atoms with Gasteiger partial charge in [-0.15, -0.1) is 11.3 Å². The van der Waals surface area contributed by atoms with Crippen molar-refractivity contribution in [2.45, 2.75) is 18.9 Å². The van der Waals surface area contributed by atoms with Crippen LogP contribution in [0.5, 0.6) is 0 Å². The molecule has 0 spiro atoms. The predicted octanol–water partition coefficient (Wildman–Crippen LogP) is 2.20. The van der Waals surface area contributed by atoms with E-state index in [2.05, 4.69) is 10.3 Å². The Hall–Kier alpha value is -1.99. The van der Waals surface area contributed by atoms with Crippen molar-refractivity contribution in [1.29, 1.82) is 0 Å². The van der Waals surface area contributed by atoms with Crippen LogP contribution in [0.15, 0.2) is 28.2 Å². The summed E-state index contributed by atoms with van der Waals surface area (Å²) in [5.41, 5.74) is 0.317. The Labute approximate surface area is 125 Å². The molecule has 1 unspecified atom stereocenters. The van der Waals surface area contributed by atoms with Gasteiger partial charge in [-0.05, 0) is 25.0 Å². The van der Waals surface area contributed by atoms with Gasteiger partial charge in [0, 0.05) is 12.0 Å². The van der Waals surface area contributed by atoms with Crippen molar-refractivity contribution < 1.29 is 18.7 Å². The molecular weight excluding hydrogens is 292 g/mol. The number of hydrogen-bond donors (Lipinski definition) is 1. The van der Waals surface area contributed by atoms with Crippen LogP contribution in [0.25, 0.3) is 0 Å². The summed E-state index contributed by atoms with van der Waals surface area (Å²) in [6.45, 7) is 0.628. The lowest BCUT2D eigenvalue weighted by Crippen LogP contribution is -2.29. The number of Topliss-reactive ketones (excluding diaryl/α,β-unsaturated/α-hetero) is 1. The largest absolute Gasteiger partial charge is 0.461 e. The molecule has 21 heavy (non-hydrogen) atoms. The van der Waals surface area contributed by atoms with E-state index >= 15 is 0 Å². The second kappa shape index (κ2) is 6.19. The fourth-order valence-corrected chi connectivity index (χ4v) is 2.97. The van der Waals surface area contributed by atoms with Gasteiger partial charge in [-0.2, -0.15) is 0 Å². The molecule has 1 amide bonds. The molecule has 1 fully saturated rings. The van der Waals surface area contributed by atoms with Crippen LogP contribution in [-0.4, -0.2) is 29.8 Å². The molecular formula is C14H14N2O4S. The van der Waals surface area contributed by atoms with E-state index in [0.29, 0.717) is 5.69 Å². The number of carbonyl (C=O) groups excluding carboxylic acids is 2. The highest BCUT2D eigenvalue weighted by Crippen LogP contribution is 2.30. The molecule has 1 atom stereocenters. The lowest BCUT2D eigenvalue weighted by atomic mass is 10.2. The molecule has 0 aromatic carbocycles. The van der Waals surface area contributed by atoms with Gasteiger partial charge in [-0.25, -0.2) is 4.98 Å². The van der Waals surface area contributed by atoms with Crippen molar-refractivity contribution in [2.75, 3.05) is 13.2 Å². The Morgan fingerprint density at radius 3 is 3.10 bits per heavy atom. The van der Waals surface area contributed by atoms with E-state index in [9.17, 15) is 9.59 Å². The number of amides is 1. The second-order valence-corrected chi connectivity index (χ2v) is 5.55. The number of hydrogen-bond acceptors (Lipinski definition) is 6. The minimum Gasteiger partial charge on any atom is -0.461 e. The van der Waals surface area contributed by atoms with Crippen molar-refractivity contribution >= 4 is 23.0 Å². The van der Waals surface area contributed by atoms with Gasteiger partial charge in [-0.3, -0.25) is 9.59 Å². The normalized spacial score (nSPS) is 17.8. The number of ether oxygens (including phenoxy) is 1. The van der Waals surface area contributed by atoms with E-state index in [1.807, 2.05) is 0 Å². The molecule has 3 heterocycles. The molecule has 0 bridgehead atoms. The number of carbonyl (C=O) groups is 2. The molecule has 2 aromatic rings. The van der Waals surface area contributed by atoms with Crippen molar-refractivity contribution in [2.24, 2.45) is 0 Å². The van der Waals surface area contributed by atoms with Crippen LogP contribution >= 0.6 is 11.3 Å². The van der Waals surface area contributed by atoms with Crippen LogP contribution in [0.3, 0.4) is 0 Å². The fourth-order valence-electron chi connectivity index (χ4n) is 2.09. The topological polar surface area (TPSA) is 81.4 Å². The summed E-state index contributed by atoms with van der Waals surface area (Å²) in [4.78, 5) is 27.9. The zero-order chi connectivity index (χ0) is 14.7. The third kappa shape index (κ3) is 3.20. The highest BCUT2D eigenvalue weighted by atomic mass is 32.1. The van der Waals surface area contributed by atoms with Crippen LogP contribution in [-0.2, 0) is 4.74 Å². The van der Waals surface area contributed by atoms with Crippen LogP contribution in [0.2, 0.25) is 0 Å². The summed E-state index contributed by atoms with van der Waals surface area (Å²) in [5.74, 6) is -0.410. The standard InChI is InChI=1S/C14H14N2O4S/c17-10(11-3-1-5-19-11)7-15-13(18)9-8-21-14(16-9)12-4-2-6-20-12/h1,3,5,8,12H,2,4,6-7H2,(H,15,18). The number of rotatable bonds is 5. The van der Waals surface area contributed by atoms with Crippen LogP contribution in [0.1, 0.15) is 45.0 Å². The Morgan fingerprint density at radius 2 is 2.38 bits per heavy atom. The SMILES string of the molecule is O=C(NCC(=O)c1ccco1)c1csc(C2CCCO2)n1. The molecule has 0 aliphatic carbocycles. The van der Waals surface area contributed by atoms with Crippen LogP contribution < -0.4 is 5.32 Å². The summed E-state index contributed by atoms with van der Waals surface area (Å²) < 4.78 is 10.5. The van der Waals surface area contributed by atoms with Gasteiger partial charge < -0.3 is 14.5 Å².